The van der Waals surface area contributed by atoms with Gasteiger partial charge in [0.25, 0.3) is 0 Å². The number of hydrogen-bond donors (Lipinski definition) is 0. The van der Waals surface area contributed by atoms with Crippen LogP contribution in [0, 0.1) is 11.3 Å². The minimum atomic E-state index is 0.0395. The van der Waals surface area contributed by atoms with Gasteiger partial charge >= 0.3 is 0 Å². The van der Waals surface area contributed by atoms with E-state index in [4.69, 9.17) is 0 Å². The molecule has 0 aromatic rings. The Bertz CT molecular complexity index is 308. The van der Waals surface area contributed by atoms with E-state index in [1.165, 1.54) is 11.8 Å². The molecule has 2 aliphatic rings. The Morgan fingerprint density at radius 1 is 1.69 bits per heavy atom. The second-order valence-corrected chi connectivity index (χ2v) is 5.13. The number of carbonyl (C=O) groups excluding carboxylic acids is 2. The number of thioether (sulfide) groups is 1. The monoisotopic (exact) mass is 196 g/mol. The number of ketones is 1. The standard InChI is InChI=1S/C10H12O2S/c1-6(2)9(12)7-3-10(7)4-8(11)13-5-10/h7H,1,3-5H2,2H3. The predicted octanol–water partition coefficient (Wildman–Crippen LogP) is 1.80. The van der Waals surface area contributed by atoms with Crippen LogP contribution in [0.3, 0.4) is 0 Å². The normalized spacial score (nSPS) is 36.7. The summed E-state index contributed by atoms with van der Waals surface area (Å²) in [4.78, 5) is 22.6. The minimum Gasteiger partial charge on any atom is -0.294 e. The molecule has 1 heterocycles. The van der Waals surface area contributed by atoms with Crippen molar-refractivity contribution in [3.8, 4) is 0 Å². The fourth-order valence-electron chi connectivity index (χ4n) is 1.98. The van der Waals surface area contributed by atoms with E-state index in [-0.39, 0.29) is 22.2 Å². The van der Waals surface area contributed by atoms with Crippen LogP contribution in [0.2, 0.25) is 0 Å². The molecule has 0 bridgehead atoms. The summed E-state index contributed by atoms with van der Waals surface area (Å²) in [6.07, 6.45) is 1.50. The van der Waals surface area contributed by atoms with Gasteiger partial charge in [-0.3, -0.25) is 9.59 Å². The lowest BCUT2D eigenvalue weighted by Crippen LogP contribution is -2.11. The number of rotatable bonds is 2. The lowest BCUT2D eigenvalue weighted by atomic mass is 9.98. The molecule has 1 aliphatic heterocycles. The molecule has 2 atom stereocenters. The van der Waals surface area contributed by atoms with Crippen LogP contribution in [0.5, 0.6) is 0 Å². The van der Waals surface area contributed by atoms with Crippen LogP contribution in [0.4, 0.5) is 0 Å². The van der Waals surface area contributed by atoms with E-state index in [1.54, 1.807) is 6.92 Å². The van der Waals surface area contributed by atoms with Gasteiger partial charge in [0.1, 0.15) is 0 Å². The molecule has 13 heavy (non-hydrogen) atoms. The van der Waals surface area contributed by atoms with Crippen LogP contribution in [0.1, 0.15) is 19.8 Å². The van der Waals surface area contributed by atoms with Gasteiger partial charge in [-0.05, 0) is 24.3 Å². The second kappa shape index (κ2) is 2.71. The molecular weight excluding hydrogens is 184 g/mol. The van der Waals surface area contributed by atoms with Crippen LogP contribution in [-0.2, 0) is 9.59 Å². The van der Waals surface area contributed by atoms with E-state index in [0.717, 1.165) is 12.2 Å². The van der Waals surface area contributed by atoms with Gasteiger partial charge in [-0.15, -0.1) is 0 Å². The first-order valence-electron chi connectivity index (χ1n) is 4.40. The zero-order valence-corrected chi connectivity index (χ0v) is 8.45. The fraction of sp³-hybridized carbons (Fsp3) is 0.600. The first-order valence-corrected chi connectivity index (χ1v) is 5.39. The molecule has 1 saturated carbocycles. The van der Waals surface area contributed by atoms with Crippen molar-refractivity contribution >= 4 is 22.7 Å². The molecule has 0 aromatic carbocycles. The molecule has 2 nitrogen and oxygen atoms in total. The van der Waals surface area contributed by atoms with Crippen molar-refractivity contribution in [2.45, 2.75) is 19.8 Å². The fourth-order valence-corrected chi connectivity index (χ4v) is 3.24. The van der Waals surface area contributed by atoms with Gasteiger partial charge in [0.2, 0.25) is 0 Å². The van der Waals surface area contributed by atoms with E-state index < -0.39 is 0 Å². The van der Waals surface area contributed by atoms with E-state index in [2.05, 4.69) is 6.58 Å². The molecule has 0 aromatic heterocycles. The molecule has 1 aliphatic carbocycles. The van der Waals surface area contributed by atoms with E-state index >= 15 is 0 Å². The maximum Gasteiger partial charge on any atom is 0.189 e. The topological polar surface area (TPSA) is 34.1 Å². The zero-order chi connectivity index (χ0) is 9.64. The van der Waals surface area contributed by atoms with Crippen molar-refractivity contribution in [1.82, 2.24) is 0 Å². The van der Waals surface area contributed by atoms with Crippen LogP contribution >= 0.6 is 11.8 Å². The highest BCUT2D eigenvalue weighted by atomic mass is 32.2. The third kappa shape index (κ3) is 1.35. The average Bonchev–Trinajstić information content (AvgIpc) is 2.61. The zero-order valence-electron chi connectivity index (χ0n) is 7.63. The summed E-state index contributed by atoms with van der Waals surface area (Å²) in [5.74, 6) is 1.11. The van der Waals surface area contributed by atoms with Crippen LogP contribution in [0.15, 0.2) is 12.2 Å². The quantitative estimate of drug-likeness (QED) is 0.631. The van der Waals surface area contributed by atoms with Gasteiger partial charge in [0.15, 0.2) is 10.9 Å². The molecule has 1 spiro atoms. The maximum atomic E-state index is 11.6. The highest BCUT2D eigenvalue weighted by Crippen LogP contribution is 2.62. The number of allylic oxidation sites excluding steroid dienone is 1. The first kappa shape index (κ1) is 9.00. The summed E-state index contributed by atoms with van der Waals surface area (Å²) in [5.41, 5.74) is 0.670. The highest BCUT2D eigenvalue weighted by molar-refractivity contribution is 8.14. The van der Waals surface area contributed by atoms with Crippen molar-refractivity contribution in [1.29, 1.82) is 0 Å². The summed E-state index contributed by atoms with van der Waals surface area (Å²) in [6.45, 7) is 5.40. The van der Waals surface area contributed by atoms with Crippen molar-refractivity contribution in [3.05, 3.63) is 12.2 Å². The summed E-state index contributed by atoms with van der Waals surface area (Å²) < 4.78 is 0. The number of Topliss-reactive ketones (excluding diaryl/α,β-unsaturated/α-hetero) is 1. The molecule has 70 valence electrons. The molecule has 2 unspecified atom stereocenters. The van der Waals surface area contributed by atoms with E-state index in [9.17, 15) is 9.59 Å². The minimum absolute atomic E-state index is 0.0395. The summed E-state index contributed by atoms with van der Waals surface area (Å²) in [6, 6.07) is 0. The van der Waals surface area contributed by atoms with Gasteiger partial charge in [-0.1, -0.05) is 18.3 Å². The Labute approximate surface area is 81.8 Å². The molecule has 0 amide bonds. The summed E-state index contributed by atoms with van der Waals surface area (Å²) in [5, 5.41) is 0.247. The molecule has 0 radical (unpaired) electrons. The Hall–Kier alpha value is -0.570. The van der Waals surface area contributed by atoms with Crippen LogP contribution < -0.4 is 0 Å². The van der Waals surface area contributed by atoms with Gasteiger partial charge < -0.3 is 0 Å². The Morgan fingerprint density at radius 2 is 2.38 bits per heavy atom. The molecular formula is C10H12O2S. The van der Waals surface area contributed by atoms with Gasteiger partial charge in [-0.2, -0.15) is 0 Å². The molecule has 2 fully saturated rings. The van der Waals surface area contributed by atoms with Crippen molar-refractivity contribution in [3.63, 3.8) is 0 Å². The SMILES string of the molecule is C=C(C)C(=O)C1CC12CSC(=O)C2. The Balaban J connectivity index is 2.06. The van der Waals surface area contributed by atoms with Crippen molar-refractivity contribution in [2.24, 2.45) is 11.3 Å². The lowest BCUT2D eigenvalue weighted by molar-refractivity contribution is -0.117. The molecule has 0 N–H and O–H groups in total. The second-order valence-electron chi connectivity index (χ2n) is 4.10. The van der Waals surface area contributed by atoms with Crippen LogP contribution in [-0.4, -0.2) is 16.7 Å². The Morgan fingerprint density at radius 3 is 2.85 bits per heavy atom. The Kier molecular flexibility index (Phi) is 1.88. The van der Waals surface area contributed by atoms with Crippen molar-refractivity contribution in [2.75, 3.05) is 5.75 Å². The van der Waals surface area contributed by atoms with Crippen molar-refractivity contribution < 1.29 is 9.59 Å². The van der Waals surface area contributed by atoms with E-state index in [1.807, 2.05) is 0 Å². The third-order valence-electron chi connectivity index (χ3n) is 2.94. The summed E-state index contributed by atoms with van der Waals surface area (Å²) >= 11 is 1.38. The summed E-state index contributed by atoms with van der Waals surface area (Å²) in [7, 11) is 0. The smallest absolute Gasteiger partial charge is 0.189 e. The van der Waals surface area contributed by atoms with Gasteiger partial charge in [0.05, 0.1) is 0 Å². The predicted molar refractivity (Wildman–Crippen MR) is 52.4 cm³/mol. The lowest BCUT2D eigenvalue weighted by Gasteiger charge is -2.04. The van der Waals surface area contributed by atoms with Crippen LogP contribution in [0.25, 0.3) is 0 Å². The number of carbonyl (C=O) groups is 2. The largest absolute Gasteiger partial charge is 0.294 e. The van der Waals surface area contributed by atoms with Gasteiger partial charge in [0, 0.05) is 18.1 Å². The van der Waals surface area contributed by atoms with Gasteiger partial charge in [-0.25, -0.2) is 0 Å². The van der Waals surface area contributed by atoms with E-state index in [0.29, 0.717) is 12.0 Å². The molecule has 2 rings (SSSR count). The molecule has 1 saturated heterocycles. The third-order valence-corrected chi connectivity index (χ3v) is 4.13. The molecule has 3 heteroatoms. The first-order chi connectivity index (χ1) is 6.05. The average molecular weight is 196 g/mol. The maximum absolute atomic E-state index is 11.6. The number of hydrogen-bond acceptors (Lipinski definition) is 3. The highest BCUT2D eigenvalue weighted by Gasteiger charge is 2.61.